The maximum atomic E-state index is 11.9. The lowest BCUT2D eigenvalue weighted by Gasteiger charge is -2.11. The lowest BCUT2D eigenvalue weighted by atomic mass is 10.1. The monoisotopic (exact) mass is 261 g/mol. The highest BCUT2D eigenvalue weighted by Gasteiger charge is 2.09. The van der Waals surface area contributed by atoms with Crippen LogP contribution in [-0.4, -0.2) is 29.5 Å². The molecule has 1 atom stereocenters. The van der Waals surface area contributed by atoms with Crippen molar-refractivity contribution < 1.29 is 28.5 Å². The molecule has 1 aromatic rings. The molecule has 5 nitrogen and oxygen atoms in total. The van der Waals surface area contributed by atoms with Crippen molar-refractivity contribution in [2.24, 2.45) is 0 Å². The third-order valence-electron chi connectivity index (χ3n) is 2.18. The van der Waals surface area contributed by atoms with Crippen LogP contribution in [0.4, 0.5) is 13.6 Å². The molecule has 0 aromatic heterocycles. The number of aliphatic hydroxyl groups excluding tert-OH is 1. The van der Waals surface area contributed by atoms with Crippen LogP contribution in [0.15, 0.2) is 24.3 Å². The zero-order chi connectivity index (χ0) is 13.5. The summed E-state index contributed by atoms with van der Waals surface area (Å²) in [6, 6.07) is 5.52. The van der Waals surface area contributed by atoms with E-state index in [1.54, 1.807) is 0 Å². The summed E-state index contributed by atoms with van der Waals surface area (Å²) in [5.41, 5.74) is 0.504. The van der Waals surface area contributed by atoms with Gasteiger partial charge < -0.3 is 20.3 Å². The first-order chi connectivity index (χ1) is 8.49. The molecule has 1 rings (SSSR count). The summed E-state index contributed by atoms with van der Waals surface area (Å²) >= 11 is 0. The Labute approximate surface area is 102 Å². The first-order valence-corrected chi connectivity index (χ1v) is 5.18. The topological polar surface area (TPSA) is 78.8 Å². The largest absolute Gasteiger partial charge is 0.465 e. The zero-order valence-corrected chi connectivity index (χ0v) is 9.35. The number of carbonyl (C=O) groups is 1. The molecule has 0 aliphatic carbocycles. The highest BCUT2D eigenvalue weighted by atomic mass is 19.3. The number of carboxylic acid groups (broad SMARTS) is 1. The molecule has 1 unspecified atom stereocenters. The summed E-state index contributed by atoms with van der Waals surface area (Å²) in [5.74, 6) is 0.00427. The van der Waals surface area contributed by atoms with Gasteiger partial charge in [-0.25, -0.2) is 4.79 Å². The van der Waals surface area contributed by atoms with Crippen LogP contribution in [0.1, 0.15) is 18.1 Å². The minimum atomic E-state index is -2.89. The van der Waals surface area contributed by atoms with E-state index in [4.69, 9.17) is 5.11 Å². The van der Waals surface area contributed by atoms with E-state index >= 15 is 0 Å². The Kier molecular flexibility index (Phi) is 5.31. The van der Waals surface area contributed by atoms with Crippen molar-refractivity contribution in [1.29, 1.82) is 0 Å². The fourth-order valence-electron chi connectivity index (χ4n) is 1.35. The van der Waals surface area contributed by atoms with Crippen LogP contribution in [0.2, 0.25) is 0 Å². The first kappa shape index (κ1) is 14.2. The van der Waals surface area contributed by atoms with Crippen molar-refractivity contribution in [2.75, 3.05) is 6.54 Å². The van der Waals surface area contributed by atoms with Gasteiger partial charge in [0.15, 0.2) is 0 Å². The van der Waals surface area contributed by atoms with Crippen molar-refractivity contribution in [3.63, 3.8) is 0 Å². The van der Waals surface area contributed by atoms with Crippen molar-refractivity contribution >= 4 is 6.09 Å². The van der Waals surface area contributed by atoms with Gasteiger partial charge in [0, 0.05) is 6.54 Å². The van der Waals surface area contributed by atoms with Crippen LogP contribution in [-0.2, 0) is 0 Å². The predicted octanol–water partition coefficient (Wildman–Crippen LogP) is 1.98. The highest BCUT2D eigenvalue weighted by Crippen LogP contribution is 2.20. The third-order valence-corrected chi connectivity index (χ3v) is 2.18. The van der Waals surface area contributed by atoms with Gasteiger partial charge >= 0.3 is 12.7 Å². The van der Waals surface area contributed by atoms with Crippen molar-refractivity contribution in [3.8, 4) is 5.75 Å². The van der Waals surface area contributed by atoms with E-state index in [-0.39, 0.29) is 18.7 Å². The van der Waals surface area contributed by atoms with Gasteiger partial charge in [0.05, 0.1) is 6.10 Å². The summed E-state index contributed by atoms with van der Waals surface area (Å²) in [4.78, 5) is 10.2. The van der Waals surface area contributed by atoms with Gasteiger partial charge in [-0.1, -0.05) is 12.1 Å². The minimum Gasteiger partial charge on any atom is -0.465 e. The Morgan fingerprint density at radius 1 is 1.33 bits per heavy atom. The maximum Gasteiger partial charge on any atom is 0.404 e. The summed E-state index contributed by atoms with van der Waals surface area (Å²) < 4.78 is 27.9. The van der Waals surface area contributed by atoms with E-state index in [9.17, 15) is 18.7 Å². The van der Waals surface area contributed by atoms with E-state index < -0.39 is 18.8 Å². The van der Waals surface area contributed by atoms with E-state index in [2.05, 4.69) is 10.1 Å². The SMILES string of the molecule is O=C(O)NCCC(O)c1ccc(OC(F)F)cc1. The number of hydrogen-bond donors (Lipinski definition) is 3. The smallest absolute Gasteiger partial charge is 0.404 e. The van der Waals surface area contributed by atoms with Gasteiger partial charge in [-0.05, 0) is 24.1 Å². The van der Waals surface area contributed by atoms with Gasteiger partial charge in [0.2, 0.25) is 0 Å². The van der Waals surface area contributed by atoms with E-state index in [0.29, 0.717) is 5.56 Å². The predicted molar refractivity (Wildman–Crippen MR) is 58.7 cm³/mol. The number of alkyl halides is 2. The molecule has 0 fully saturated rings. The zero-order valence-electron chi connectivity index (χ0n) is 9.35. The van der Waals surface area contributed by atoms with Gasteiger partial charge in [-0.2, -0.15) is 8.78 Å². The molecule has 0 heterocycles. The molecule has 1 amide bonds. The van der Waals surface area contributed by atoms with Crippen LogP contribution in [0.25, 0.3) is 0 Å². The number of halogens is 2. The lowest BCUT2D eigenvalue weighted by Crippen LogP contribution is -2.23. The second-order valence-electron chi connectivity index (χ2n) is 3.48. The summed E-state index contributed by atoms with van der Waals surface area (Å²) in [7, 11) is 0. The molecule has 0 aliphatic heterocycles. The number of nitrogens with one attached hydrogen (secondary N) is 1. The molecule has 7 heteroatoms. The molecule has 0 aliphatic rings. The minimum absolute atomic E-state index is 0.00427. The summed E-state index contributed by atoms with van der Waals surface area (Å²) in [6.07, 6.45) is -1.83. The number of amides is 1. The number of hydrogen-bond acceptors (Lipinski definition) is 3. The second kappa shape index (κ2) is 6.75. The highest BCUT2D eigenvalue weighted by molar-refractivity contribution is 5.64. The Bertz CT molecular complexity index is 383. The number of ether oxygens (including phenoxy) is 1. The Hall–Kier alpha value is -1.89. The second-order valence-corrected chi connectivity index (χ2v) is 3.48. The van der Waals surface area contributed by atoms with Crippen LogP contribution in [0.5, 0.6) is 5.75 Å². The number of aliphatic hydroxyl groups is 1. The van der Waals surface area contributed by atoms with Crippen molar-refractivity contribution in [1.82, 2.24) is 5.32 Å². The Morgan fingerprint density at radius 3 is 2.44 bits per heavy atom. The first-order valence-electron chi connectivity index (χ1n) is 5.18. The standard InChI is InChI=1S/C11H13F2NO4/c12-10(13)18-8-3-1-7(2-4-8)9(15)5-6-14-11(16)17/h1-4,9-10,14-15H,5-6H2,(H,16,17). The molecule has 0 radical (unpaired) electrons. The fourth-order valence-corrected chi connectivity index (χ4v) is 1.35. The molecule has 0 saturated carbocycles. The third kappa shape index (κ3) is 4.96. The Morgan fingerprint density at radius 2 is 1.94 bits per heavy atom. The van der Waals surface area contributed by atoms with Gasteiger partial charge in [0.1, 0.15) is 5.75 Å². The normalized spacial score (nSPS) is 12.2. The molecule has 0 saturated heterocycles. The Balaban J connectivity index is 2.48. The molecule has 0 bridgehead atoms. The molecule has 100 valence electrons. The molecule has 3 N–H and O–H groups in total. The molecular weight excluding hydrogens is 248 g/mol. The van der Waals surface area contributed by atoms with Crippen LogP contribution >= 0.6 is 0 Å². The van der Waals surface area contributed by atoms with Crippen LogP contribution in [0.3, 0.4) is 0 Å². The van der Waals surface area contributed by atoms with Gasteiger partial charge in [0.25, 0.3) is 0 Å². The van der Waals surface area contributed by atoms with Gasteiger partial charge in [-0.3, -0.25) is 0 Å². The van der Waals surface area contributed by atoms with Gasteiger partial charge in [-0.15, -0.1) is 0 Å². The maximum absolute atomic E-state index is 11.9. The van der Waals surface area contributed by atoms with E-state index in [1.807, 2.05) is 0 Å². The summed E-state index contributed by atoms with van der Waals surface area (Å²) in [5, 5.41) is 20.1. The molecule has 1 aromatic carbocycles. The summed E-state index contributed by atoms with van der Waals surface area (Å²) in [6.45, 7) is -2.79. The lowest BCUT2D eigenvalue weighted by molar-refractivity contribution is -0.0498. The number of rotatable bonds is 6. The van der Waals surface area contributed by atoms with Crippen molar-refractivity contribution in [2.45, 2.75) is 19.1 Å². The van der Waals surface area contributed by atoms with Crippen LogP contribution < -0.4 is 10.1 Å². The molecule has 18 heavy (non-hydrogen) atoms. The van der Waals surface area contributed by atoms with Crippen molar-refractivity contribution in [3.05, 3.63) is 29.8 Å². The average molecular weight is 261 g/mol. The quantitative estimate of drug-likeness (QED) is 0.731. The molecule has 0 spiro atoms. The average Bonchev–Trinajstić information content (AvgIpc) is 2.28. The number of benzene rings is 1. The molecular formula is C11H13F2NO4. The van der Waals surface area contributed by atoms with E-state index in [1.165, 1.54) is 24.3 Å². The fraction of sp³-hybridized carbons (Fsp3) is 0.364. The van der Waals surface area contributed by atoms with Crippen LogP contribution in [0, 0.1) is 0 Å². The van der Waals surface area contributed by atoms with E-state index in [0.717, 1.165) is 0 Å².